The Balaban J connectivity index is 2.82. The molecule has 1 nitrogen and oxygen atoms in total. The molecule has 1 saturated carbocycles. The highest BCUT2D eigenvalue weighted by atomic mass is 16.1. The Morgan fingerprint density at radius 3 is 2.09 bits per heavy atom. The van der Waals surface area contributed by atoms with Crippen LogP contribution in [0.15, 0.2) is 36.5 Å². The summed E-state index contributed by atoms with van der Waals surface area (Å²) in [5.41, 5.74) is 2.79. The van der Waals surface area contributed by atoms with Gasteiger partial charge >= 0.3 is 0 Å². The van der Waals surface area contributed by atoms with Crippen LogP contribution in [-0.2, 0) is 4.79 Å². The zero-order chi connectivity index (χ0) is 8.43. The molecule has 0 atom stereocenters. The Bertz CT molecular complexity index is 220. The Hall–Kier alpha value is -1.11. The quantitative estimate of drug-likeness (QED) is 0.381. The normalized spacial score (nSPS) is 20.4. The van der Waals surface area contributed by atoms with Crippen molar-refractivity contribution >= 4 is 5.78 Å². The number of carbonyl (C=O) groups is 1. The predicted molar refractivity (Wildman–Crippen MR) is 46.3 cm³/mol. The molecular formula is C10H12O. The van der Waals surface area contributed by atoms with E-state index in [1.54, 1.807) is 0 Å². The third-order valence-corrected chi connectivity index (χ3v) is 1.82. The molecule has 0 heterocycles. The van der Waals surface area contributed by atoms with Crippen molar-refractivity contribution in [1.29, 1.82) is 0 Å². The van der Waals surface area contributed by atoms with Crippen LogP contribution in [0.3, 0.4) is 0 Å². The fourth-order valence-electron chi connectivity index (χ4n) is 1.19. The van der Waals surface area contributed by atoms with Gasteiger partial charge in [0.15, 0.2) is 0 Å². The van der Waals surface area contributed by atoms with E-state index < -0.39 is 0 Å². The van der Waals surface area contributed by atoms with Crippen molar-refractivity contribution in [3.05, 3.63) is 36.5 Å². The van der Waals surface area contributed by atoms with Gasteiger partial charge in [0.25, 0.3) is 0 Å². The molecule has 0 amide bonds. The summed E-state index contributed by atoms with van der Waals surface area (Å²) >= 11 is 0. The maximum Gasteiger partial charge on any atom is 0.141 e. The molecule has 0 radical (unpaired) electrons. The minimum atomic E-state index is 0.207. The fourth-order valence-corrected chi connectivity index (χ4v) is 1.19. The molecule has 1 aliphatic rings. The van der Waals surface area contributed by atoms with Gasteiger partial charge in [-0.15, -0.1) is 0 Å². The molecule has 11 heavy (non-hydrogen) atoms. The maximum atomic E-state index is 11.1. The number of ketones is 1. The van der Waals surface area contributed by atoms with E-state index in [0.29, 0.717) is 12.8 Å². The van der Waals surface area contributed by atoms with Crippen LogP contribution >= 0.6 is 0 Å². The molecule has 1 rings (SSSR count). The third-order valence-electron chi connectivity index (χ3n) is 1.82. The zero-order valence-corrected chi connectivity index (χ0v) is 6.65. The van der Waals surface area contributed by atoms with E-state index in [0.717, 1.165) is 23.1 Å². The molecule has 0 aromatic carbocycles. The molecule has 0 spiro atoms. The first-order valence-electron chi connectivity index (χ1n) is 3.64. The Morgan fingerprint density at radius 2 is 1.45 bits per heavy atom. The van der Waals surface area contributed by atoms with Crippen LogP contribution in [0.2, 0.25) is 0 Å². The standard InChI is InChI=1S/C10H12O/c1-7-4-8(2)9(3)6-10(11)5-7/h1-6H2. The predicted octanol–water partition coefficient (Wildman–Crippen LogP) is 2.41. The zero-order valence-electron chi connectivity index (χ0n) is 6.65. The molecule has 1 fully saturated rings. The molecule has 0 bridgehead atoms. The molecule has 0 saturated heterocycles. The molecule has 0 unspecified atom stereocenters. The first-order chi connectivity index (χ1) is 5.09. The number of hydrogen-bond donors (Lipinski definition) is 0. The summed E-state index contributed by atoms with van der Waals surface area (Å²) in [7, 11) is 0. The van der Waals surface area contributed by atoms with E-state index in [2.05, 4.69) is 19.7 Å². The highest BCUT2D eigenvalue weighted by Crippen LogP contribution is 2.25. The van der Waals surface area contributed by atoms with Crippen molar-refractivity contribution in [2.75, 3.05) is 0 Å². The molecule has 58 valence electrons. The minimum absolute atomic E-state index is 0.207. The lowest BCUT2D eigenvalue weighted by Gasteiger charge is -2.01. The summed E-state index contributed by atoms with van der Waals surface area (Å²) in [4.78, 5) is 11.1. The van der Waals surface area contributed by atoms with E-state index in [-0.39, 0.29) is 5.78 Å². The molecule has 1 heteroatoms. The highest BCUT2D eigenvalue weighted by Gasteiger charge is 2.14. The monoisotopic (exact) mass is 148 g/mol. The molecule has 0 aromatic heterocycles. The van der Waals surface area contributed by atoms with Gasteiger partial charge in [0.2, 0.25) is 0 Å². The number of carbonyl (C=O) groups excluding carboxylic acids is 1. The molecule has 0 N–H and O–H groups in total. The van der Waals surface area contributed by atoms with Gasteiger partial charge in [0.05, 0.1) is 0 Å². The van der Waals surface area contributed by atoms with Crippen molar-refractivity contribution in [2.24, 2.45) is 0 Å². The van der Waals surface area contributed by atoms with E-state index in [1.807, 2.05) is 0 Å². The van der Waals surface area contributed by atoms with E-state index >= 15 is 0 Å². The van der Waals surface area contributed by atoms with Gasteiger partial charge < -0.3 is 0 Å². The second kappa shape index (κ2) is 2.87. The van der Waals surface area contributed by atoms with Crippen LogP contribution < -0.4 is 0 Å². The number of allylic oxidation sites excluding steroid dienone is 3. The van der Waals surface area contributed by atoms with E-state index in [1.165, 1.54) is 0 Å². The number of rotatable bonds is 0. The molecular weight excluding hydrogens is 136 g/mol. The van der Waals surface area contributed by atoms with E-state index in [9.17, 15) is 4.79 Å². The summed E-state index contributed by atoms with van der Waals surface area (Å²) in [6.07, 6.45) is 1.69. The fraction of sp³-hybridized carbons (Fsp3) is 0.300. The largest absolute Gasteiger partial charge is 0.299 e. The Morgan fingerprint density at radius 1 is 0.909 bits per heavy atom. The third kappa shape index (κ3) is 1.90. The van der Waals surface area contributed by atoms with Gasteiger partial charge in [-0.25, -0.2) is 0 Å². The first-order valence-corrected chi connectivity index (χ1v) is 3.64. The average molecular weight is 148 g/mol. The van der Waals surface area contributed by atoms with Gasteiger partial charge in [-0.3, -0.25) is 4.79 Å². The van der Waals surface area contributed by atoms with Crippen LogP contribution in [0.25, 0.3) is 0 Å². The molecule has 1 aliphatic carbocycles. The van der Waals surface area contributed by atoms with Crippen LogP contribution in [0.4, 0.5) is 0 Å². The summed E-state index contributed by atoms with van der Waals surface area (Å²) in [5, 5.41) is 0. The summed E-state index contributed by atoms with van der Waals surface area (Å²) in [6, 6.07) is 0. The topological polar surface area (TPSA) is 17.1 Å². The van der Waals surface area contributed by atoms with Crippen LogP contribution in [0.5, 0.6) is 0 Å². The van der Waals surface area contributed by atoms with E-state index in [4.69, 9.17) is 0 Å². The SMILES string of the molecule is C=C1CC(=C)C(=C)CC(=O)C1. The smallest absolute Gasteiger partial charge is 0.141 e. The number of hydrogen-bond acceptors (Lipinski definition) is 1. The van der Waals surface area contributed by atoms with Crippen LogP contribution in [0, 0.1) is 0 Å². The van der Waals surface area contributed by atoms with Gasteiger partial charge in [-0.05, 0) is 17.6 Å². The van der Waals surface area contributed by atoms with Crippen molar-refractivity contribution in [3.8, 4) is 0 Å². The minimum Gasteiger partial charge on any atom is -0.299 e. The van der Waals surface area contributed by atoms with Gasteiger partial charge in [-0.1, -0.05) is 25.3 Å². The summed E-state index contributed by atoms with van der Waals surface area (Å²) < 4.78 is 0. The van der Waals surface area contributed by atoms with Crippen molar-refractivity contribution in [3.63, 3.8) is 0 Å². The van der Waals surface area contributed by atoms with Crippen molar-refractivity contribution < 1.29 is 4.79 Å². The second-order valence-electron chi connectivity index (χ2n) is 3.03. The summed E-state index contributed by atoms with van der Waals surface area (Å²) in [5.74, 6) is 0.207. The van der Waals surface area contributed by atoms with Crippen molar-refractivity contribution in [2.45, 2.75) is 19.3 Å². The van der Waals surface area contributed by atoms with Gasteiger partial charge in [-0.2, -0.15) is 0 Å². The maximum absolute atomic E-state index is 11.1. The van der Waals surface area contributed by atoms with Crippen molar-refractivity contribution in [1.82, 2.24) is 0 Å². The highest BCUT2D eigenvalue weighted by molar-refractivity contribution is 5.84. The lowest BCUT2D eigenvalue weighted by molar-refractivity contribution is -0.117. The van der Waals surface area contributed by atoms with Crippen LogP contribution in [-0.4, -0.2) is 5.78 Å². The average Bonchev–Trinajstić information content (AvgIpc) is 1.93. The molecule has 0 aliphatic heterocycles. The van der Waals surface area contributed by atoms with Gasteiger partial charge in [0.1, 0.15) is 5.78 Å². The first kappa shape index (κ1) is 7.99. The lowest BCUT2D eigenvalue weighted by Crippen LogP contribution is -1.95. The Kier molecular flexibility index (Phi) is 2.08. The summed E-state index contributed by atoms with van der Waals surface area (Å²) in [6.45, 7) is 11.4. The lowest BCUT2D eigenvalue weighted by atomic mass is 10.0. The second-order valence-corrected chi connectivity index (χ2v) is 3.03. The Labute approximate surface area is 67.1 Å². The molecule has 0 aromatic rings. The van der Waals surface area contributed by atoms with Crippen LogP contribution in [0.1, 0.15) is 19.3 Å². The van der Waals surface area contributed by atoms with Gasteiger partial charge in [0, 0.05) is 12.8 Å². The number of Topliss-reactive ketones (excluding diaryl/α,β-unsaturated/α-hetero) is 1.